The zero-order valence-corrected chi connectivity index (χ0v) is 17.8. The van der Waals surface area contributed by atoms with Crippen molar-refractivity contribution in [1.29, 1.82) is 0 Å². The van der Waals surface area contributed by atoms with E-state index in [2.05, 4.69) is 29.5 Å². The molecule has 0 aromatic rings. The van der Waals surface area contributed by atoms with Crippen LogP contribution in [-0.4, -0.2) is 48.7 Å². The number of rotatable bonds is 4. The fourth-order valence-electron chi connectivity index (χ4n) is 7.18. The highest BCUT2D eigenvalue weighted by atomic mass is 16.6. The van der Waals surface area contributed by atoms with Crippen molar-refractivity contribution in [1.82, 2.24) is 5.32 Å². The molecule has 4 fully saturated rings. The van der Waals surface area contributed by atoms with Crippen LogP contribution in [0.3, 0.4) is 0 Å². The number of carbonyl (C=O) groups is 1. The van der Waals surface area contributed by atoms with E-state index in [4.69, 9.17) is 10.6 Å². The lowest BCUT2D eigenvalue weighted by atomic mass is 9.49. The fraction of sp³-hybridized carbons (Fsp3) is 0.864. The van der Waals surface area contributed by atoms with Crippen LogP contribution >= 0.6 is 0 Å². The second-order valence-corrected chi connectivity index (χ2v) is 10.1. The van der Waals surface area contributed by atoms with Gasteiger partial charge in [-0.15, -0.1) is 5.16 Å². The van der Waals surface area contributed by atoms with E-state index in [9.17, 15) is 10.0 Å². The minimum atomic E-state index is -0.210. The predicted molar refractivity (Wildman–Crippen MR) is 112 cm³/mol. The van der Waals surface area contributed by atoms with Gasteiger partial charge in [-0.1, -0.05) is 19.0 Å². The van der Waals surface area contributed by atoms with Gasteiger partial charge in [-0.3, -0.25) is 4.79 Å². The van der Waals surface area contributed by atoms with Gasteiger partial charge in [0, 0.05) is 24.4 Å². The molecule has 3 aliphatic carbocycles. The molecule has 7 nitrogen and oxygen atoms in total. The minimum absolute atomic E-state index is 0.0110. The number of hydrogen-bond donors (Lipinski definition) is 3. The van der Waals surface area contributed by atoms with E-state index in [1.54, 1.807) is 6.21 Å². The summed E-state index contributed by atoms with van der Waals surface area (Å²) in [6.07, 6.45) is 8.38. The Morgan fingerprint density at radius 2 is 2.10 bits per heavy atom. The Morgan fingerprint density at radius 1 is 1.28 bits per heavy atom. The molecule has 1 saturated heterocycles. The first-order valence-electron chi connectivity index (χ1n) is 11.3. The smallest absolute Gasteiger partial charge is 0.139 e. The topological polar surface area (TPSA) is 109 Å². The molecule has 0 amide bonds. The third-order valence-electron chi connectivity index (χ3n) is 8.90. The summed E-state index contributed by atoms with van der Waals surface area (Å²) >= 11 is 0. The van der Waals surface area contributed by atoms with Gasteiger partial charge < -0.3 is 21.1 Å². The molecule has 7 heteroatoms. The second-order valence-electron chi connectivity index (χ2n) is 10.1. The molecule has 0 aromatic carbocycles. The molecular formula is C22H36N4O3. The molecule has 162 valence electrons. The van der Waals surface area contributed by atoms with Gasteiger partial charge in [0.2, 0.25) is 0 Å². The SMILES string of the molecule is C[C@]12CC/C(=N/OCCN)CC1CNC(/C=N/O)[C@@H]1[C@@H]2CC[C@]2(C)C(=O)CC[C@@H]12. The highest BCUT2D eigenvalue weighted by molar-refractivity contribution is 5.87. The summed E-state index contributed by atoms with van der Waals surface area (Å²) < 4.78 is 0. The average Bonchev–Trinajstić information content (AvgIpc) is 2.95. The summed E-state index contributed by atoms with van der Waals surface area (Å²) in [5.74, 6) is 2.10. The monoisotopic (exact) mass is 404 g/mol. The molecule has 2 unspecified atom stereocenters. The van der Waals surface area contributed by atoms with E-state index >= 15 is 0 Å². The van der Waals surface area contributed by atoms with E-state index in [0.29, 0.717) is 49.0 Å². The standard InChI is InChI=1S/C22H36N4O3/c1-21-7-5-15(26-29-10-9-23)11-14(21)12-24-18(13-25-28)20-16-3-4-19(27)22(16,2)8-6-17(20)21/h13-14,16-18,20,24,28H,3-12,23H2,1-2H3/b25-13+,26-15-/t14?,16-,17-,18?,20-,21-,22-/m0/s1. The van der Waals surface area contributed by atoms with E-state index in [-0.39, 0.29) is 16.9 Å². The summed E-state index contributed by atoms with van der Waals surface area (Å²) in [6, 6.07) is 0.0110. The number of hydrogen-bond acceptors (Lipinski definition) is 7. The van der Waals surface area contributed by atoms with Gasteiger partial charge in [0.25, 0.3) is 0 Å². The highest BCUT2D eigenvalue weighted by Crippen LogP contribution is 2.62. The molecule has 29 heavy (non-hydrogen) atoms. The van der Waals surface area contributed by atoms with Gasteiger partial charge in [-0.25, -0.2) is 0 Å². The molecule has 0 spiro atoms. The Hall–Kier alpha value is -1.47. The van der Waals surface area contributed by atoms with Crippen LogP contribution in [0.15, 0.2) is 10.3 Å². The summed E-state index contributed by atoms with van der Waals surface area (Å²) in [5.41, 5.74) is 6.62. The number of oxime groups is 2. The zero-order chi connectivity index (χ0) is 20.6. The van der Waals surface area contributed by atoms with Crippen LogP contribution in [0.2, 0.25) is 0 Å². The number of fused-ring (bicyclic) bond motifs is 5. The maximum absolute atomic E-state index is 12.7. The van der Waals surface area contributed by atoms with E-state index in [1.165, 1.54) is 0 Å². The Labute approximate surface area is 173 Å². The van der Waals surface area contributed by atoms with Crippen LogP contribution in [0, 0.1) is 34.5 Å². The first kappa shape index (κ1) is 20.8. The van der Waals surface area contributed by atoms with Gasteiger partial charge in [0.1, 0.15) is 12.4 Å². The molecule has 4 rings (SSSR count). The molecule has 1 heterocycles. The van der Waals surface area contributed by atoms with Crippen LogP contribution in [-0.2, 0) is 9.63 Å². The molecule has 0 bridgehead atoms. The maximum Gasteiger partial charge on any atom is 0.139 e. The quantitative estimate of drug-likeness (QED) is 0.289. The van der Waals surface area contributed by atoms with Gasteiger partial charge in [0.15, 0.2) is 0 Å². The first-order chi connectivity index (χ1) is 13.9. The van der Waals surface area contributed by atoms with Crippen molar-refractivity contribution in [3.8, 4) is 0 Å². The van der Waals surface area contributed by atoms with Gasteiger partial charge in [0.05, 0.1) is 11.9 Å². The third-order valence-corrected chi connectivity index (χ3v) is 8.90. The first-order valence-corrected chi connectivity index (χ1v) is 11.3. The van der Waals surface area contributed by atoms with Crippen LogP contribution in [0.4, 0.5) is 0 Å². The van der Waals surface area contributed by atoms with Crippen molar-refractivity contribution < 1.29 is 14.8 Å². The number of Topliss-reactive ketones (excluding diaryl/α,β-unsaturated/α-hetero) is 1. The third kappa shape index (κ3) is 3.40. The number of nitrogens with zero attached hydrogens (tertiary/aromatic N) is 2. The minimum Gasteiger partial charge on any atom is -0.411 e. The van der Waals surface area contributed by atoms with Gasteiger partial charge >= 0.3 is 0 Å². The normalized spacial score (nSPS) is 46.2. The number of carbonyl (C=O) groups excluding carboxylic acids is 1. The summed E-state index contributed by atoms with van der Waals surface area (Å²) in [6.45, 7) is 6.43. The van der Waals surface area contributed by atoms with Crippen LogP contribution in [0.1, 0.15) is 58.8 Å². The Kier molecular flexibility index (Phi) is 5.73. The molecule has 1 aliphatic heterocycles. The summed E-state index contributed by atoms with van der Waals surface area (Å²) in [4.78, 5) is 18.1. The van der Waals surface area contributed by atoms with Crippen molar-refractivity contribution in [2.24, 2.45) is 50.5 Å². The van der Waals surface area contributed by atoms with Crippen molar-refractivity contribution >= 4 is 17.7 Å². The second kappa shape index (κ2) is 7.99. The zero-order valence-electron chi connectivity index (χ0n) is 17.8. The average molecular weight is 405 g/mol. The Balaban J connectivity index is 1.64. The number of nitrogens with two attached hydrogens (primary N) is 1. The lowest BCUT2D eigenvalue weighted by molar-refractivity contribution is -0.132. The van der Waals surface area contributed by atoms with Crippen LogP contribution in [0.5, 0.6) is 0 Å². The van der Waals surface area contributed by atoms with Gasteiger partial charge in [-0.05, 0) is 74.2 Å². The van der Waals surface area contributed by atoms with E-state index < -0.39 is 0 Å². The lowest BCUT2D eigenvalue weighted by Gasteiger charge is -2.54. The van der Waals surface area contributed by atoms with E-state index in [0.717, 1.165) is 50.8 Å². The molecule has 4 aliphatic rings. The van der Waals surface area contributed by atoms with Crippen molar-refractivity contribution in [3.05, 3.63) is 0 Å². The Bertz CT molecular complexity index is 696. The maximum atomic E-state index is 12.7. The van der Waals surface area contributed by atoms with Crippen molar-refractivity contribution in [2.45, 2.75) is 64.8 Å². The van der Waals surface area contributed by atoms with E-state index in [1.807, 2.05) is 0 Å². The van der Waals surface area contributed by atoms with Crippen molar-refractivity contribution in [2.75, 3.05) is 19.7 Å². The van der Waals surface area contributed by atoms with Gasteiger partial charge in [-0.2, -0.15) is 0 Å². The highest BCUT2D eigenvalue weighted by Gasteiger charge is 2.61. The molecule has 0 aromatic heterocycles. The molecule has 7 atom stereocenters. The fourth-order valence-corrected chi connectivity index (χ4v) is 7.18. The Morgan fingerprint density at radius 3 is 2.86 bits per heavy atom. The molecule has 0 radical (unpaired) electrons. The number of ketones is 1. The summed E-state index contributed by atoms with van der Waals surface area (Å²) in [5, 5.41) is 20.8. The largest absolute Gasteiger partial charge is 0.411 e. The van der Waals surface area contributed by atoms with Crippen molar-refractivity contribution in [3.63, 3.8) is 0 Å². The molecular weight excluding hydrogens is 368 g/mol. The lowest BCUT2D eigenvalue weighted by Crippen LogP contribution is -2.53. The molecule has 3 saturated carbocycles. The predicted octanol–water partition coefficient (Wildman–Crippen LogP) is 2.57. The number of nitrogens with one attached hydrogen (secondary N) is 1. The summed E-state index contributed by atoms with van der Waals surface area (Å²) in [7, 11) is 0. The molecule has 4 N–H and O–H groups in total. The van der Waals surface area contributed by atoms with Crippen LogP contribution < -0.4 is 11.1 Å². The van der Waals surface area contributed by atoms with Crippen LogP contribution in [0.25, 0.3) is 0 Å².